The van der Waals surface area contributed by atoms with Gasteiger partial charge in [0, 0.05) is 19.9 Å². The summed E-state index contributed by atoms with van der Waals surface area (Å²) >= 11 is 0. The molecule has 0 saturated carbocycles. The van der Waals surface area contributed by atoms with E-state index in [4.69, 9.17) is 9.84 Å². The Morgan fingerprint density at radius 2 is 2.04 bits per heavy atom. The lowest BCUT2D eigenvalue weighted by Gasteiger charge is -2.17. The third-order valence-corrected chi connectivity index (χ3v) is 4.47. The minimum atomic E-state index is -3.76. The topological polar surface area (TPSA) is 138 Å². The molecule has 0 radical (unpaired) electrons. The van der Waals surface area contributed by atoms with E-state index in [0.717, 1.165) is 12.3 Å². The van der Waals surface area contributed by atoms with Gasteiger partial charge in [-0.1, -0.05) is 13.8 Å². The van der Waals surface area contributed by atoms with Crippen molar-refractivity contribution in [3.8, 4) is 0 Å². The van der Waals surface area contributed by atoms with E-state index < -0.39 is 27.9 Å². The van der Waals surface area contributed by atoms with Gasteiger partial charge in [0.1, 0.15) is 16.6 Å². The number of carboxylic acids is 1. The average molecular weight is 347 g/mol. The number of amides is 1. The van der Waals surface area contributed by atoms with Gasteiger partial charge in [-0.2, -0.15) is 0 Å². The van der Waals surface area contributed by atoms with Crippen LogP contribution in [0, 0.1) is 5.92 Å². The maximum atomic E-state index is 12.0. The molecule has 9 nitrogen and oxygen atoms in total. The number of methoxy groups -OCH3 is 1. The molecule has 0 fully saturated rings. The lowest BCUT2D eigenvalue weighted by atomic mass is 10.0. The van der Waals surface area contributed by atoms with E-state index in [1.807, 2.05) is 0 Å². The molecule has 0 aromatic carbocycles. The molecule has 130 valence electrons. The highest BCUT2D eigenvalue weighted by atomic mass is 32.2. The molecule has 23 heavy (non-hydrogen) atoms. The van der Waals surface area contributed by atoms with Crippen LogP contribution in [0.15, 0.2) is 17.2 Å². The Bertz CT molecular complexity index is 652. The monoisotopic (exact) mass is 347 g/mol. The quantitative estimate of drug-likeness (QED) is 0.456. The molecule has 0 saturated heterocycles. The molecular formula is C13H21N3O6S. The van der Waals surface area contributed by atoms with Crippen molar-refractivity contribution in [3.63, 3.8) is 0 Å². The summed E-state index contributed by atoms with van der Waals surface area (Å²) in [6.45, 7) is 3.62. The maximum absolute atomic E-state index is 12.0. The van der Waals surface area contributed by atoms with Crippen LogP contribution in [0.25, 0.3) is 0 Å². The van der Waals surface area contributed by atoms with Crippen molar-refractivity contribution in [1.82, 2.24) is 15.0 Å². The molecule has 0 unspecified atom stereocenters. The molecule has 0 bridgehead atoms. The second-order valence-electron chi connectivity index (χ2n) is 5.17. The average Bonchev–Trinajstić information content (AvgIpc) is 2.94. The van der Waals surface area contributed by atoms with Gasteiger partial charge < -0.3 is 20.1 Å². The summed E-state index contributed by atoms with van der Waals surface area (Å²) in [5.74, 6) is -2.16. The number of rotatable bonds is 9. The number of carboxylic acid groups (broad SMARTS) is 1. The molecule has 1 amide bonds. The zero-order valence-corrected chi connectivity index (χ0v) is 13.9. The fraction of sp³-hybridized carbons (Fsp3) is 0.538. The van der Waals surface area contributed by atoms with Crippen molar-refractivity contribution in [2.45, 2.75) is 24.8 Å². The number of aromatic nitrogens is 1. The van der Waals surface area contributed by atoms with Gasteiger partial charge in [0.15, 0.2) is 0 Å². The number of carbonyl (C=O) groups is 2. The minimum absolute atomic E-state index is 0.0379. The largest absolute Gasteiger partial charge is 0.480 e. The second kappa shape index (κ2) is 8.09. The molecular weight excluding hydrogens is 326 g/mol. The number of aromatic amines is 1. The Morgan fingerprint density at radius 1 is 1.39 bits per heavy atom. The third kappa shape index (κ3) is 5.34. The smallest absolute Gasteiger partial charge is 0.326 e. The molecule has 1 rings (SSSR count). The molecule has 10 heteroatoms. The predicted octanol–water partition coefficient (Wildman–Crippen LogP) is -0.222. The first-order valence-electron chi connectivity index (χ1n) is 6.89. The third-order valence-electron chi connectivity index (χ3n) is 3.03. The highest BCUT2D eigenvalue weighted by Gasteiger charge is 2.25. The minimum Gasteiger partial charge on any atom is -0.480 e. The van der Waals surface area contributed by atoms with Crippen LogP contribution < -0.4 is 10.0 Å². The molecule has 4 N–H and O–H groups in total. The summed E-state index contributed by atoms with van der Waals surface area (Å²) in [6, 6.07) is 0.0784. The van der Waals surface area contributed by atoms with Crippen LogP contribution in [0.1, 0.15) is 24.3 Å². The summed E-state index contributed by atoms with van der Waals surface area (Å²) in [5.41, 5.74) is -0.0379. The highest BCUT2D eigenvalue weighted by molar-refractivity contribution is 7.89. The number of ether oxygens (including phenoxy) is 1. The van der Waals surface area contributed by atoms with Gasteiger partial charge in [-0.05, 0) is 12.0 Å². The van der Waals surface area contributed by atoms with Crippen LogP contribution in [-0.2, 0) is 19.6 Å². The van der Waals surface area contributed by atoms with E-state index in [1.54, 1.807) is 13.8 Å². The zero-order valence-electron chi connectivity index (χ0n) is 13.1. The van der Waals surface area contributed by atoms with Crippen LogP contribution in [0.4, 0.5) is 0 Å². The van der Waals surface area contributed by atoms with Gasteiger partial charge in [-0.25, -0.2) is 17.9 Å². The number of aliphatic carboxylic acids is 1. The van der Waals surface area contributed by atoms with Crippen molar-refractivity contribution in [2.75, 3.05) is 20.3 Å². The SMILES string of the molecule is COCCNS(=O)(=O)c1c[nH]c(C(=O)N[C@@H](C(=O)O)C(C)C)c1. The van der Waals surface area contributed by atoms with E-state index in [9.17, 15) is 18.0 Å². The van der Waals surface area contributed by atoms with Crippen LogP contribution in [0.3, 0.4) is 0 Å². The number of nitrogens with one attached hydrogen (secondary N) is 3. The Kier molecular flexibility index (Phi) is 6.73. The summed E-state index contributed by atoms with van der Waals surface area (Å²) in [5, 5.41) is 11.4. The van der Waals surface area contributed by atoms with Crippen molar-refractivity contribution in [2.24, 2.45) is 5.92 Å². The van der Waals surface area contributed by atoms with Gasteiger partial charge >= 0.3 is 5.97 Å². The first kappa shape index (κ1) is 19.1. The van der Waals surface area contributed by atoms with Crippen LogP contribution in [0.5, 0.6) is 0 Å². The number of hydrogen-bond acceptors (Lipinski definition) is 5. The van der Waals surface area contributed by atoms with Gasteiger partial charge in [-0.3, -0.25) is 4.79 Å². The Labute approximate surface area is 134 Å². The van der Waals surface area contributed by atoms with E-state index in [-0.39, 0.29) is 29.7 Å². The van der Waals surface area contributed by atoms with E-state index >= 15 is 0 Å². The molecule has 1 aromatic heterocycles. The van der Waals surface area contributed by atoms with E-state index in [2.05, 4.69) is 15.0 Å². The normalized spacial score (nSPS) is 13.0. The van der Waals surface area contributed by atoms with E-state index in [1.165, 1.54) is 7.11 Å². The van der Waals surface area contributed by atoms with Crippen LogP contribution in [-0.4, -0.2) is 56.7 Å². The number of H-pyrrole nitrogens is 1. The molecule has 0 aliphatic rings. The summed E-state index contributed by atoms with van der Waals surface area (Å²) < 4.78 is 31.0. The molecule has 0 aliphatic carbocycles. The summed E-state index contributed by atoms with van der Waals surface area (Å²) in [7, 11) is -2.32. The highest BCUT2D eigenvalue weighted by Crippen LogP contribution is 2.11. The number of carbonyl (C=O) groups excluding carboxylic acids is 1. The van der Waals surface area contributed by atoms with Crippen molar-refractivity contribution in [3.05, 3.63) is 18.0 Å². The Hall–Kier alpha value is -1.91. The standard InChI is InChI=1S/C13H21N3O6S/c1-8(2)11(13(18)19)16-12(17)10-6-9(7-14-10)23(20,21)15-4-5-22-3/h6-8,11,14-15H,4-5H2,1-3H3,(H,16,17)(H,18,19)/t11-/m1/s1. The molecule has 1 heterocycles. The summed E-state index contributed by atoms with van der Waals surface area (Å²) in [6.07, 6.45) is 1.16. The number of sulfonamides is 1. The lowest BCUT2D eigenvalue weighted by molar-refractivity contribution is -0.140. The lowest BCUT2D eigenvalue weighted by Crippen LogP contribution is -2.44. The molecule has 0 spiro atoms. The zero-order chi connectivity index (χ0) is 17.6. The van der Waals surface area contributed by atoms with Gasteiger partial charge in [0.25, 0.3) is 5.91 Å². The van der Waals surface area contributed by atoms with Gasteiger partial charge in [-0.15, -0.1) is 0 Å². The van der Waals surface area contributed by atoms with Crippen molar-refractivity contribution in [1.29, 1.82) is 0 Å². The summed E-state index contributed by atoms with van der Waals surface area (Å²) in [4.78, 5) is 25.5. The fourth-order valence-electron chi connectivity index (χ4n) is 1.75. The first-order valence-corrected chi connectivity index (χ1v) is 8.38. The first-order chi connectivity index (χ1) is 10.7. The number of hydrogen-bond donors (Lipinski definition) is 4. The van der Waals surface area contributed by atoms with Crippen LogP contribution >= 0.6 is 0 Å². The van der Waals surface area contributed by atoms with Gasteiger partial charge in [0.2, 0.25) is 10.0 Å². The predicted molar refractivity (Wildman–Crippen MR) is 81.6 cm³/mol. The Balaban J connectivity index is 2.82. The molecule has 0 aliphatic heterocycles. The maximum Gasteiger partial charge on any atom is 0.326 e. The van der Waals surface area contributed by atoms with Crippen molar-refractivity contribution >= 4 is 21.9 Å². The van der Waals surface area contributed by atoms with E-state index in [0.29, 0.717) is 0 Å². The fourth-order valence-corrected chi connectivity index (χ4v) is 2.76. The Morgan fingerprint density at radius 3 is 2.57 bits per heavy atom. The van der Waals surface area contributed by atoms with Crippen molar-refractivity contribution < 1.29 is 27.9 Å². The molecule has 1 aromatic rings. The van der Waals surface area contributed by atoms with Crippen LogP contribution in [0.2, 0.25) is 0 Å². The van der Waals surface area contributed by atoms with Gasteiger partial charge in [0.05, 0.1) is 6.61 Å². The second-order valence-corrected chi connectivity index (χ2v) is 6.94. The molecule has 1 atom stereocenters.